The van der Waals surface area contributed by atoms with Crippen LogP contribution in [0.15, 0.2) is 39.6 Å². The summed E-state index contributed by atoms with van der Waals surface area (Å²) in [4.78, 5) is 22.3. The zero-order chi connectivity index (χ0) is 13.2. The third-order valence-corrected chi connectivity index (χ3v) is 3.10. The average molecular weight is 250 g/mol. The van der Waals surface area contributed by atoms with Crippen molar-refractivity contribution >= 4 is 17.3 Å². The van der Waals surface area contributed by atoms with Gasteiger partial charge in [0.25, 0.3) is 0 Å². The molecule has 19 heavy (non-hydrogen) atoms. The Labute approximate surface area is 109 Å². The highest BCUT2D eigenvalue weighted by atomic mass is 16.4. The summed E-state index contributed by atoms with van der Waals surface area (Å²) in [6.45, 7) is 0. The van der Waals surface area contributed by atoms with E-state index >= 15 is 0 Å². The van der Waals surface area contributed by atoms with Gasteiger partial charge in [-0.25, -0.2) is 4.79 Å². The summed E-state index contributed by atoms with van der Waals surface area (Å²) in [5, 5.41) is 0.756. The van der Waals surface area contributed by atoms with Crippen LogP contribution >= 0.6 is 0 Å². The largest absolute Gasteiger partial charge is 0.422 e. The first-order chi connectivity index (χ1) is 9.28. The second-order valence-electron chi connectivity index (χ2n) is 4.36. The number of carbonyl (C=O) groups excluding carboxylic acids is 1. The minimum atomic E-state index is -0.610. The topological polar surface area (TPSA) is 47.3 Å². The third kappa shape index (κ3) is 2.09. The summed E-state index contributed by atoms with van der Waals surface area (Å²) in [5.74, 6) is 5.98. The molecule has 0 unspecified atom stereocenters. The molecule has 92 valence electrons. The van der Waals surface area contributed by atoms with Gasteiger partial charge in [-0.05, 0) is 42.7 Å². The molecule has 0 fully saturated rings. The zero-order valence-corrected chi connectivity index (χ0v) is 10.1. The van der Waals surface area contributed by atoms with E-state index in [2.05, 4.69) is 11.8 Å². The fraction of sp³-hybridized carbons (Fsp3) is 0.125. The van der Waals surface area contributed by atoms with Gasteiger partial charge in [0.1, 0.15) is 11.1 Å². The van der Waals surface area contributed by atoms with Crippen LogP contribution in [0.3, 0.4) is 0 Å². The van der Waals surface area contributed by atoms with Gasteiger partial charge in [-0.2, -0.15) is 0 Å². The fourth-order valence-corrected chi connectivity index (χ4v) is 2.14. The molecule has 0 aliphatic heterocycles. The number of rotatable bonds is 1. The molecule has 1 aliphatic rings. The van der Waals surface area contributed by atoms with Crippen molar-refractivity contribution < 1.29 is 9.21 Å². The van der Waals surface area contributed by atoms with Crippen molar-refractivity contribution in [1.29, 1.82) is 0 Å². The van der Waals surface area contributed by atoms with Crippen molar-refractivity contribution in [1.82, 2.24) is 0 Å². The fourth-order valence-electron chi connectivity index (χ4n) is 2.14. The van der Waals surface area contributed by atoms with Crippen LogP contribution in [-0.2, 0) is 6.42 Å². The molecule has 0 spiro atoms. The highest BCUT2D eigenvalue weighted by Crippen LogP contribution is 2.21. The maximum absolute atomic E-state index is 11.5. The van der Waals surface area contributed by atoms with Gasteiger partial charge >= 0.3 is 5.63 Å². The van der Waals surface area contributed by atoms with E-state index < -0.39 is 5.63 Å². The van der Waals surface area contributed by atoms with Gasteiger partial charge < -0.3 is 4.42 Å². The van der Waals surface area contributed by atoms with Crippen molar-refractivity contribution in [3.05, 3.63) is 57.5 Å². The van der Waals surface area contributed by atoms with Gasteiger partial charge in [0.05, 0.1) is 0 Å². The molecular formula is C16H10O3. The first kappa shape index (κ1) is 11.5. The average Bonchev–Trinajstić information content (AvgIpc) is 2.38. The lowest BCUT2D eigenvalue weighted by molar-refractivity contribution is 0.112. The predicted octanol–water partition coefficient (Wildman–Crippen LogP) is 2.46. The van der Waals surface area contributed by atoms with Gasteiger partial charge in [0.15, 0.2) is 6.29 Å². The number of allylic oxidation sites excluding steroid dienone is 2. The van der Waals surface area contributed by atoms with Gasteiger partial charge in [-0.3, -0.25) is 4.79 Å². The second-order valence-corrected chi connectivity index (χ2v) is 4.36. The highest BCUT2D eigenvalue weighted by molar-refractivity contribution is 5.85. The lowest BCUT2D eigenvalue weighted by Crippen LogP contribution is -2.06. The Kier molecular flexibility index (Phi) is 2.77. The molecule has 1 aromatic heterocycles. The highest BCUT2D eigenvalue weighted by Gasteiger charge is 2.09. The molecule has 3 heteroatoms. The van der Waals surface area contributed by atoms with E-state index in [1.165, 1.54) is 0 Å². The Morgan fingerprint density at radius 1 is 1.26 bits per heavy atom. The molecular weight excluding hydrogens is 240 g/mol. The van der Waals surface area contributed by atoms with E-state index in [1.54, 1.807) is 12.1 Å². The van der Waals surface area contributed by atoms with Gasteiger partial charge in [-0.15, -0.1) is 0 Å². The molecule has 1 heterocycles. The van der Waals surface area contributed by atoms with Gasteiger partial charge in [0.2, 0.25) is 0 Å². The normalized spacial score (nSPS) is 13.1. The van der Waals surface area contributed by atoms with Crippen molar-refractivity contribution in [3.8, 4) is 11.8 Å². The molecule has 0 N–H and O–H groups in total. The standard InChI is InChI=1S/C16H10O3/c17-10-14-8-13-7-11-5-3-1-2-4-6-12(11)9-15(13)19-16(14)18/h1-2,7-10H,3,5H2. The van der Waals surface area contributed by atoms with Crippen LogP contribution in [0.5, 0.6) is 0 Å². The van der Waals surface area contributed by atoms with Crippen LogP contribution in [0.4, 0.5) is 0 Å². The molecule has 0 atom stereocenters. The summed E-state index contributed by atoms with van der Waals surface area (Å²) in [6, 6.07) is 5.28. The minimum Gasteiger partial charge on any atom is -0.422 e. The monoisotopic (exact) mass is 250 g/mol. The number of fused-ring (bicyclic) bond motifs is 2. The van der Waals surface area contributed by atoms with Crippen LogP contribution in [0.2, 0.25) is 0 Å². The SMILES string of the molecule is O=Cc1cc2cc3c(cc2oc1=O)C#CC=CCC3. The number of aldehydes is 1. The van der Waals surface area contributed by atoms with E-state index in [1.807, 2.05) is 18.2 Å². The number of benzene rings is 1. The van der Waals surface area contributed by atoms with Gasteiger partial charge in [0, 0.05) is 10.9 Å². The minimum absolute atomic E-state index is 0.0456. The number of aryl methyl sites for hydroxylation is 1. The van der Waals surface area contributed by atoms with E-state index in [4.69, 9.17) is 4.42 Å². The van der Waals surface area contributed by atoms with Crippen LogP contribution in [0.1, 0.15) is 27.9 Å². The maximum Gasteiger partial charge on any atom is 0.346 e. The van der Waals surface area contributed by atoms with E-state index in [-0.39, 0.29) is 5.56 Å². The Balaban J connectivity index is 2.30. The smallest absolute Gasteiger partial charge is 0.346 e. The lowest BCUT2D eigenvalue weighted by Gasteiger charge is -2.07. The van der Waals surface area contributed by atoms with E-state index in [0.717, 1.165) is 29.4 Å². The molecule has 0 amide bonds. The van der Waals surface area contributed by atoms with Crippen LogP contribution < -0.4 is 5.63 Å². The summed E-state index contributed by atoms with van der Waals surface area (Å²) in [7, 11) is 0. The van der Waals surface area contributed by atoms with Crippen LogP contribution in [0, 0.1) is 11.8 Å². The summed E-state index contributed by atoms with van der Waals surface area (Å²) < 4.78 is 5.15. The molecule has 3 rings (SSSR count). The second kappa shape index (κ2) is 4.58. The van der Waals surface area contributed by atoms with E-state index in [0.29, 0.717) is 11.9 Å². The lowest BCUT2D eigenvalue weighted by atomic mass is 9.99. The Morgan fingerprint density at radius 3 is 3.00 bits per heavy atom. The molecule has 1 aromatic carbocycles. The molecule has 0 radical (unpaired) electrons. The van der Waals surface area contributed by atoms with Crippen LogP contribution in [0.25, 0.3) is 11.0 Å². The van der Waals surface area contributed by atoms with Crippen molar-refractivity contribution in [2.75, 3.05) is 0 Å². The molecule has 1 aliphatic carbocycles. The van der Waals surface area contributed by atoms with E-state index in [9.17, 15) is 9.59 Å². The first-order valence-corrected chi connectivity index (χ1v) is 6.00. The third-order valence-electron chi connectivity index (χ3n) is 3.10. The Bertz CT molecular complexity index is 813. The summed E-state index contributed by atoms with van der Waals surface area (Å²) in [6.07, 6.45) is 6.18. The number of carbonyl (C=O) groups is 1. The predicted molar refractivity (Wildman–Crippen MR) is 72.2 cm³/mol. The molecule has 3 nitrogen and oxygen atoms in total. The summed E-state index contributed by atoms with van der Waals surface area (Å²) >= 11 is 0. The molecule has 0 saturated heterocycles. The molecule has 0 saturated carbocycles. The number of hydrogen-bond donors (Lipinski definition) is 0. The first-order valence-electron chi connectivity index (χ1n) is 6.00. The Hall–Kier alpha value is -2.60. The van der Waals surface area contributed by atoms with Crippen LogP contribution in [-0.4, -0.2) is 6.29 Å². The Morgan fingerprint density at radius 2 is 2.16 bits per heavy atom. The summed E-state index contributed by atoms with van der Waals surface area (Å²) in [5.41, 5.74) is 1.88. The van der Waals surface area contributed by atoms with Gasteiger partial charge in [-0.1, -0.05) is 17.9 Å². The maximum atomic E-state index is 11.5. The molecule has 2 aromatic rings. The van der Waals surface area contributed by atoms with Crippen molar-refractivity contribution in [2.45, 2.75) is 12.8 Å². The molecule has 0 bridgehead atoms. The zero-order valence-electron chi connectivity index (χ0n) is 10.1. The number of hydrogen-bond acceptors (Lipinski definition) is 3. The quantitative estimate of drug-likeness (QED) is 0.443. The van der Waals surface area contributed by atoms with Crippen molar-refractivity contribution in [2.24, 2.45) is 0 Å². The van der Waals surface area contributed by atoms with Crippen molar-refractivity contribution in [3.63, 3.8) is 0 Å².